The Morgan fingerprint density at radius 3 is 2.86 bits per heavy atom. The summed E-state index contributed by atoms with van der Waals surface area (Å²) < 4.78 is 5.70. The largest absolute Gasteiger partial charge is 0.393 e. The number of rotatable bonds is 2. The molecule has 0 aromatic heterocycles. The predicted octanol–water partition coefficient (Wildman–Crippen LogP) is 1.45. The van der Waals surface area contributed by atoms with E-state index in [9.17, 15) is 14.7 Å². The number of anilines is 1. The number of aliphatic hydroxyl groups is 1. The molecule has 2 saturated heterocycles. The number of ether oxygens (including phenoxy) is 1. The molecule has 4 atom stereocenters. The topological polar surface area (TPSA) is 66.8 Å². The third-order valence-electron chi connectivity index (χ3n) is 4.81. The number of carbonyl (C=O) groups excluding carboxylic acids is 2. The van der Waals surface area contributed by atoms with E-state index in [2.05, 4.69) is 0 Å². The molecule has 6 heteroatoms. The molecule has 0 radical (unpaired) electrons. The van der Waals surface area contributed by atoms with Crippen molar-refractivity contribution in [3.05, 3.63) is 40.9 Å². The van der Waals surface area contributed by atoms with Crippen LogP contribution in [0.5, 0.6) is 0 Å². The van der Waals surface area contributed by atoms with E-state index in [1.54, 1.807) is 30.4 Å². The quantitative estimate of drug-likeness (QED) is 0.662. The normalized spacial score (nSPS) is 35.6. The lowest BCUT2D eigenvalue weighted by molar-refractivity contribution is -0.128. The number of hydrogen-bond acceptors (Lipinski definition) is 4. The summed E-state index contributed by atoms with van der Waals surface area (Å²) in [6.45, 7) is 1.51. The van der Waals surface area contributed by atoms with Gasteiger partial charge >= 0.3 is 0 Å². The van der Waals surface area contributed by atoms with E-state index < -0.39 is 23.5 Å². The van der Waals surface area contributed by atoms with Crippen molar-refractivity contribution in [1.29, 1.82) is 0 Å². The minimum Gasteiger partial charge on any atom is -0.393 e. The average Bonchev–Trinajstić information content (AvgIpc) is 3.14. The third-order valence-corrected chi connectivity index (χ3v) is 5.05. The molecule has 0 saturated carbocycles. The Hall–Kier alpha value is -1.69. The van der Waals surface area contributed by atoms with Crippen molar-refractivity contribution in [3.8, 4) is 0 Å². The lowest BCUT2D eigenvalue weighted by atomic mass is 9.77. The highest BCUT2D eigenvalue weighted by atomic mass is 35.5. The van der Waals surface area contributed by atoms with Gasteiger partial charge < -0.3 is 9.84 Å². The van der Waals surface area contributed by atoms with Gasteiger partial charge in [0.15, 0.2) is 0 Å². The molecule has 0 aliphatic carbocycles. The second kappa shape index (κ2) is 4.41. The molecule has 1 aromatic rings. The molecule has 2 unspecified atom stereocenters. The smallest absolute Gasteiger partial charge is 0.241 e. The van der Waals surface area contributed by atoms with Gasteiger partial charge in [-0.05, 0) is 24.6 Å². The Morgan fingerprint density at radius 2 is 2.14 bits per heavy atom. The minimum atomic E-state index is -1.07. The second-order valence-electron chi connectivity index (χ2n) is 6.00. The number of benzene rings is 1. The molecule has 3 heterocycles. The number of aliphatic hydroxyl groups excluding tert-OH is 1. The van der Waals surface area contributed by atoms with Crippen molar-refractivity contribution < 1.29 is 19.4 Å². The Kier molecular flexibility index (Phi) is 2.79. The monoisotopic (exact) mass is 319 g/mol. The Morgan fingerprint density at radius 1 is 1.36 bits per heavy atom. The first-order valence-electron chi connectivity index (χ1n) is 7.10. The van der Waals surface area contributed by atoms with Gasteiger partial charge in [0.05, 0.1) is 30.2 Å². The standard InChI is InChI=1S/C16H14ClNO4/c1-8-2-3-9(17)6-10(8)18-14(20)12-11-4-5-16(7-19,22-11)13(12)15(18)21/h2-6,11-13,19H,7H2,1H3/t11-,12?,13?,16-/m1/s1. The Balaban J connectivity index is 1.81. The van der Waals surface area contributed by atoms with Gasteiger partial charge in [-0.25, -0.2) is 4.90 Å². The lowest BCUT2D eigenvalue weighted by Gasteiger charge is -2.26. The summed E-state index contributed by atoms with van der Waals surface area (Å²) in [4.78, 5) is 26.8. The molecule has 3 aliphatic rings. The molecule has 1 aromatic carbocycles. The summed E-state index contributed by atoms with van der Waals surface area (Å²) in [5.41, 5.74) is 0.235. The van der Waals surface area contributed by atoms with E-state index in [1.807, 2.05) is 6.92 Å². The maximum Gasteiger partial charge on any atom is 0.241 e. The fraction of sp³-hybridized carbons (Fsp3) is 0.375. The van der Waals surface area contributed by atoms with Crippen LogP contribution in [0.15, 0.2) is 30.4 Å². The first kappa shape index (κ1) is 13.9. The Labute approximate surface area is 132 Å². The molecule has 2 bridgehead atoms. The summed E-state index contributed by atoms with van der Waals surface area (Å²) in [5.74, 6) is -1.85. The zero-order valence-corrected chi connectivity index (χ0v) is 12.6. The van der Waals surface area contributed by atoms with Gasteiger partial charge in [-0.2, -0.15) is 0 Å². The van der Waals surface area contributed by atoms with Gasteiger partial charge in [-0.3, -0.25) is 9.59 Å². The van der Waals surface area contributed by atoms with Gasteiger partial charge in [0.1, 0.15) is 5.60 Å². The van der Waals surface area contributed by atoms with Gasteiger partial charge in [0.25, 0.3) is 0 Å². The highest BCUT2D eigenvalue weighted by Gasteiger charge is 2.67. The van der Waals surface area contributed by atoms with Crippen molar-refractivity contribution in [1.82, 2.24) is 0 Å². The van der Waals surface area contributed by atoms with Crippen LogP contribution >= 0.6 is 11.6 Å². The molecule has 4 rings (SSSR count). The molecule has 22 heavy (non-hydrogen) atoms. The molecule has 3 aliphatic heterocycles. The van der Waals surface area contributed by atoms with Crippen molar-refractivity contribution in [2.24, 2.45) is 11.8 Å². The summed E-state index contributed by atoms with van der Waals surface area (Å²) in [5, 5.41) is 10.1. The van der Waals surface area contributed by atoms with E-state index in [1.165, 1.54) is 4.90 Å². The minimum absolute atomic E-state index is 0.287. The molecule has 0 spiro atoms. The van der Waals surface area contributed by atoms with Crippen molar-refractivity contribution in [2.45, 2.75) is 18.6 Å². The van der Waals surface area contributed by atoms with E-state index in [4.69, 9.17) is 16.3 Å². The number of carbonyl (C=O) groups is 2. The number of halogens is 1. The van der Waals surface area contributed by atoms with Crippen LogP contribution in [-0.4, -0.2) is 35.2 Å². The van der Waals surface area contributed by atoms with Crippen LogP contribution in [0.4, 0.5) is 5.69 Å². The van der Waals surface area contributed by atoms with E-state index >= 15 is 0 Å². The van der Waals surface area contributed by atoms with Crippen LogP contribution in [-0.2, 0) is 14.3 Å². The highest BCUT2D eigenvalue weighted by Crippen LogP contribution is 2.52. The number of nitrogens with zero attached hydrogens (tertiary/aromatic N) is 1. The fourth-order valence-corrected chi connectivity index (χ4v) is 3.91. The van der Waals surface area contributed by atoms with Crippen LogP contribution in [0.25, 0.3) is 0 Å². The van der Waals surface area contributed by atoms with E-state index in [-0.39, 0.29) is 18.4 Å². The molecule has 5 nitrogen and oxygen atoms in total. The molecule has 2 fully saturated rings. The molecular formula is C16H14ClNO4. The molecule has 1 N–H and O–H groups in total. The first-order chi connectivity index (χ1) is 10.5. The van der Waals surface area contributed by atoms with Crippen molar-refractivity contribution in [3.63, 3.8) is 0 Å². The summed E-state index contributed by atoms with van der Waals surface area (Å²) in [6.07, 6.45) is 3.02. The summed E-state index contributed by atoms with van der Waals surface area (Å²) in [6, 6.07) is 5.11. The van der Waals surface area contributed by atoms with Crippen LogP contribution in [0.3, 0.4) is 0 Å². The fourth-order valence-electron chi connectivity index (χ4n) is 3.74. The van der Waals surface area contributed by atoms with E-state index in [0.29, 0.717) is 10.7 Å². The number of imide groups is 1. The number of aryl methyl sites for hydroxylation is 1. The van der Waals surface area contributed by atoms with Crippen LogP contribution < -0.4 is 4.90 Å². The number of amides is 2. The van der Waals surface area contributed by atoms with Gasteiger partial charge in [0, 0.05) is 5.02 Å². The lowest BCUT2D eigenvalue weighted by Crippen LogP contribution is -2.43. The van der Waals surface area contributed by atoms with Crippen LogP contribution in [0.1, 0.15) is 5.56 Å². The van der Waals surface area contributed by atoms with Gasteiger partial charge in [0.2, 0.25) is 11.8 Å². The second-order valence-corrected chi connectivity index (χ2v) is 6.44. The maximum atomic E-state index is 12.9. The SMILES string of the molecule is Cc1ccc(Cl)cc1N1C(=O)C2C(C1=O)[C@]1(CO)C=C[C@H]2O1. The zero-order valence-electron chi connectivity index (χ0n) is 11.8. The predicted molar refractivity (Wildman–Crippen MR) is 79.5 cm³/mol. The molecule has 114 valence electrons. The third kappa shape index (κ3) is 1.56. The van der Waals surface area contributed by atoms with Gasteiger partial charge in [-0.15, -0.1) is 0 Å². The van der Waals surface area contributed by atoms with Crippen molar-refractivity contribution >= 4 is 29.1 Å². The highest BCUT2D eigenvalue weighted by molar-refractivity contribution is 6.31. The molecular weight excluding hydrogens is 306 g/mol. The van der Waals surface area contributed by atoms with Crippen LogP contribution in [0, 0.1) is 18.8 Å². The number of hydrogen-bond donors (Lipinski definition) is 1. The van der Waals surface area contributed by atoms with E-state index in [0.717, 1.165) is 5.56 Å². The first-order valence-corrected chi connectivity index (χ1v) is 7.48. The van der Waals surface area contributed by atoms with Crippen LogP contribution in [0.2, 0.25) is 5.02 Å². The van der Waals surface area contributed by atoms with Gasteiger partial charge in [-0.1, -0.05) is 29.8 Å². The zero-order chi connectivity index (χ0) is 15.6. The Bertz CT molecular complexity index is 731. The summed E-state index contributed by atoms with van der Waals surface area (Å²) >= 11 is 6.01. The summed E-state index contributed by atoms with van der Waals surface area (Å²) in [7, 11) is 0. The number of fused-ring (bicyclic) bond motifs is 5. The average molecular weight is 320 g/mol. The van der Waals surface area contributed by atoms with Crippen molar-refractivity contribution in [2.75, 3.05) is 11.5 Å². The molecule has 2 amide bonds. The maximum absolute atomic E-state index is 12.9.